The Balaban J connectivity index is 2.39. The first-order chi connectivity index (χ1) is 8.64. The van der Waals surface area contributed by atoms with Gasteiger partial charge in [-0.1, -0.05) is 19.9 Å². The highest BCUT2D eigenvalue weighted by Crippen LogP contribution is 2.36. The number of halogens is 1. The maximum absolute atomic E-state index is 13.3. The zero-order valence-corrected chi connectivity index (χ0v) is 12.5. The minimum absolute atomic E-state index is 0.115. The molecule has 2 rings (SSSR count). The Labute approximate surface area is 114 Å². The molecule has 1 aromatic rings. The van der Waals surface area contributed by atoms with Crippen LogP contribution >= 0.6 is 0 Å². The Bertz CT molecular complexity index is 472. The lowest BCUT2D eigenvalue weighted by atomic mass is 9.76. The zero-order chi connectivity index (χ0) is 14.4. The number of hydrogen-bond donors (Lipinski definition) is 0. The molecule has 0 saturated carbocycles. The Morgan fingerprint density at radius 1 is 1.11 bits per heavy atom. The predicted molar refractivity (Wildman–Crippen MR) is 74.0 cm³/mol. The van der Waals surface area contributed by atoms with Crippen molar-refractivity contribution >= 4 is 12.6 Å². The lowest BCUT2D eigenvalue weighted by Crippen LogP contribution is -2.41. The van der Waals surface area contributed by atoms with Gasteiger partial charge in [0.2, 0.25) is 5.95 Å². The summed E-state index contributed by atoms with van der Waals surface area (Å²) in [4.78, 5) is 3.99. The van der Waals surface area contributed by atoms with Crippen LogP contribution in [0, 0.1) is 5.95 Å². The second-order valence-corrected chi connectivity index (χ2v) is 6.35. The molecule has 0 unspecified atom stereocenters. The molecule has 0 N–H and O–H groups in total. The highest BCUT2D eigenvalue weighted by molar-refractivity contribution is 6.62. The first-order valence-corrected chi connectivity index (χ1v) is 6.66. The van der Waals surface area contributed by atoms with Gasteiger partial charge in [-0.2, -0.15) is 4.39 Å². The van der Waals surface area contributed by atoms with E-state index in [4.69, 9.17) is 9.31 Å². The maximum atomic E-state index is 13.3. The largest absolute Gasteiger partial charge is 0.496 e. The fourth-order valence-electron chi connectivity index (χ4n) is 2.09. The van der Waals surface area contributed by atoms with E-state index in [0.717, 1.165) is 5.46 Å². The fourth-order valence-corrected chi connectivity index (χ4v) is 2.09. The van der Waals surface area contributed by atoms with Crippen LogP contribution in [0.1, 0.15) is 53.2 Å². The van der Waals surface area contributed by atoms with Crippen molar-refractivity contribution < 1.29 is 13.7 Å². The highest BCUT2D eigenvalue weighted by atomic mass is 19.1. The third-order valence-electron chi connectivity index (χ3n) is 3.98. The first kappa shape index (κ1) is 14.5. The van der Waals surface area contributed by atoms with Gasteiger partial charge in [-0.25, -0.2) is 4.98 Å². The molecule has 1 saturated heterocycles. The summed E-state index contributed by atoms with van der Waals surface area (Å²) in [5.74, 6) is -0.353. The highest BCUT2D eigenvalue weighted by Gasteiger charge is 2.52. The van der Waals surface area contributed by atoms with Crippen LogP contribution in [0.15, 0.2) is 12.1 Å². The van der Waals surface area contributed by atoms with Crippen molar-refractivity contribution in [2.45, 2.75) is 58.7 Å². The number of nitrogens with zero attached hydrogens (tertiary/aromatic N) is 1. The molecule has 19 heavy (non-hydrogen) atoms. The van der Waals surface area contributed by atoms with E-state index in [1.807, 2.05) is 41.5 Å². The third kappa shape index (κ3) is 2.54. The Hall–Kier alpha value is -0.935. The molecule has 0 bridgehead atoms. The minimum Gasteiger partial charge on any atom is -0.399 e. The molecule has 0 spiro atoms. The van der Waals surface area contributed by atoms with Crippen LogP contribution in [-0.2, 0) is 9.31 Å². The van der Waals surface area contributed by atoms with Gasteiger partial charge in [-0.15, -0.1) is 0 Å². The lowest BCUT2D eigenvalue weighted by molar-refractivity contribution is 0.00578. The summed E-state index contributed by atoms with van der Waals surface area (Å²) in [6.07, 6.45) is 0. The fraction of sp³-hybridized carbons (Fsp3) is 0.643. The zero-order valence-electron chi connectivity index (χ0n) is 12.5. The first-order valence-electron chi connectivity index (χ1n) is 6.66. The molecule has 1 aliphatic rings. The van der Waals surface area contributed by atoms with E-state index >= 15 is 0 Å². The van der Waals surface area contributed by atoms with Gasteiger partial charge in [0.15, 0.2) is 0 Å². The van der Waals surface area contributed by atoms with Crippen LogP contribution in [0.3, 0.4) is 0 Å². The van der Waals surface area contributed by atoms with E-state index in [2.05, 4.69) is 4.98 Å². The van der Waals surface area contributed by atoms with Crippen molar-refractivity contribution in [2.24, 2.45) is 0 Å². The quantitative estimate of drug-likeness (QED) is 0.608. The average molecular weight is 265 g/mol. The molecule has 1 fully saturated rings. The summed E-state index contributed by atoms with van der Waals surface area (Å²) >= 11 is 0. The molecule has 5 heteroatoms. The summed E-state index contributed by atoms with van der Waals surface area (Å²) in [6, 6.07) is 3.06. The van der Waals surface area contributed by atoms with Crippen LogP contribution in [-0.4, -0.2) is 23.3 Å². The van der Waals surface area contributed by atoms with Gasteiger partial charge in [-0.3, -0.25) is 0 Å². The Morgan fingerprint density at radius 2 is 1.63 bits per heavy atom. The van der Waals surface area contributed by atoms with Gasteiger partial charge in [0.1, 0.15) is 0 Å². The average Bonchev–Trinajstić information content (AvgIpc) is 2.47. The molecule has 3 nitrogen and oxygen atoms in total. The van der Waals surface area contributed by atoms with Gasteiger partial charge < -0.3 is 9.31 Å². The summed E-state index contributed by atoms with van der Waals surface area (Å²) in [6.45, 7) is 12.0. The van der Waals surface area contributed by atoms with Gasteiger partial charge in [0, 0.05) is 11.2 Å². The lowest BCUT2D eigenvalue weighted by Gasteiger charge is -2.32. The normalized spacial score (nSPS) is 21.2. The number of hydrogen-bond acceptors (Lipinski definition) is 3. The van der Waals surface area contributed by atoms with Gasteiger partial charge in [0.25, 0.3) is 0 Å². The molecular formula is C14H21BFNO2. The van der Waals surface area contributed by atoms with Crippen molar-refractivity contribution in [1.29, 1.82) is 0 Å². The molecule has 0 amide bonds. The van der Waals surface area contributed by atoms with E-state index in [1.165, 1.54) is 6.07 Å². The van der Waals surface area contributed by atoms with Crippen LogP contribution in [0.2, 0.25) is 0 Å². The van der Waals surface area contributed by atoms with E-state index in [0.29, 0.717) is 5.69 Å². The van der Waals surface area contributed by atoms with Gasteiger partial charge in [-0.05, 0) is 39.7 Å². The van der Waals surface area contributed by atoms with Gasteiger partial charge >= 0.3 is 7.12 Å². The summed E-state index contributed by atoms with van der Waals surface area (Å²) in [5.41, 5.74) is 0.703. The SMILES string of the molecule is CC(C)c1nc(F)ccc1B1OC(C)(C)C(C)(C)O1. The van der Waals surface area contributed by atoms with Crippen molar-refractivity contribution in [3.8, 4) is 0 Å². The van der Waals surface area contributed by atoms with Crippen molar-refractivity contribution in [3.05, 3.63) is 23.8 Å². The van der Waals surface area contributed by atoms with Crippen LogP contribution < -0.4 is 5.46 Å². The Kier molecular flexibility index (Phi) is 3.48. The molecule has 0 aromatic carbocycles. The third-order valence-corrected chi connectivity index (χ3v) is 3.98. The van der Waals surface area contributed by atoms with E-state index in [-0.39, 0.29) is 5.92 Å². The van der Waals surface area contributed by atoms with Crippen LogP contribution in [0.4, 0.5) is 4.39 Å². The second-order valence-electron chi connectivity index (χ2n) is 6.35. The number of aromatic nitrogens is 1. The molecular weight excluding hydrogens is 244 g/mol. The van der Waals surface area contributed by atoms with Crippen molar-refractivity contribution in [3.63, 3.8) is 0 Å². The van der Waals surface area contributed by atoms with Crippen LogP contribution in [0.5, 0.6) is 0 Å². The number of pyridine rings is 1. The van der Waals surface area contributed by atoms with E-state index in [1.54, 1.807) is 6.07 Å². The van der Waals surface area contributed by atoms with Gasteiger partial charge in [0.05, 0.1) is 11.2 Å². The second kappa shape index (κ2) is 4.56. The molecule has 0 atom stereocenters. The molecule has 1 aromatic heterocycles. The molecule has 2 heterocycles. The van der Waals surface area contributed by atoms with E-state index in [9.17, 15) is 4.39 Å². The smallest absolute Gasteiger partial charge is 0.399 e. The summed E-state index contributed by atoms with van der Waals surface area (Å²) < 4.78 is 25.3. The molecule has 104 valence electrons. The van der Waals surface area contributed by atoms with Crippen molar-refractivity contribution in [2.75, 3.05) is 0 Å². The van der Waals surface area contributed by atoms with E-state index < -0.39 is 24.3 Å². The summed E-state index contributed by atoms with van der Waals surface area (Å²) in [7, 11) is -0.490. The minimum atomic E-state index is -0.490. The maximum Gasteiger partial charge on any atom is 0.496 e. The molecule has 0 aliphatic carbocycles. The standard InChI is InChI=1S/C14H21BFNO2/c1-9(2)12-10(7-8-11(16)17-12)15-18-13(3,4)14(5,6)19-15/h7-9H,1-6H3. The monoisotopic (exact) mass is 265 g/mol. The number of rotatable bonds is 2. The molecule has 0 radical (unpaired) electrons. The van der Waals surface area contributed by atoms with Crippen molar-refractivity contribution in [1.82, 2.24) is 4.98 Å². The summed E-state index contributed by atoms with van der Waals surface area (Å²) in [5, 5.41) is 0. The Morgan fingerprint density at radius 3 is 2.11 bits per heavy atom. The predicted octanol–water partition coefficient (Wildman–Crippen LogP) is 2.64. The van der Waals surface area contributed by atoms with Crippen LogP contribution in [0.25, 0.3) is 0 Å². The topological polar surface area (TPSA) is 31.4 Å². The molecule has 1 aliphatic heterocycles.